The number of hydrogen-bond acceptors (Lipinski definition) is 4. The summed E-state index contributed by atoms with van der Waals surface area (Å²) in [7, 11) is 0. The van der Waals surface area contributed by atoms with Gasteiger partial charge in [0.15, 0.2) is 6.10 Å². The van der Waals surface area contributed by atoms with E-state index in [1.54, 1.807) is 0 Å². The Hall–Kier alpha value is -2.60. The summed E-state index contributed by atoms with van der Waals surface area (Å²) in [4.78, 5) is 17.3. The van der Waals surface area contributed by atoms with Gasteiger partial charge in [0.2, 0.25) is 0 Å². The van der Waals surface area contributed by atoms with Gasteiger partial charge in [-0.05, 0) is 99.0 Å². The topological polar surface area (TPSA) is 44.8 Å². The number of amides is 1. The van der Waals surface area contributed by atoms with Gasteiger partial charge in [0.25, 0.3) is 5.91 Å². The predicted octanol–water partition coefficient (Wildman–Crippen LogP) is 4.40. The van der Waals surface area contributed by atoms with Gasteiger partial charge < -0.3 is 15.0 Å². The molecule has 0 saturated carbocycles. The normalized spacial score (nSPS) is 20.8. The summed E-state index contributed by atoms with van der Waals surface area (Å²) >= 11 is 0. The minimum Gasteiger partial charge on any atom is -0.478 e. The number of unbranched alkanes of at least 4 members (excludes halogenated alkanes) is 1. The minimum absolute atomic E-state index is 0.0128. The summed E-state index contributed by atoms with van der Waals surface area (Å²) in [6, 6.07) is 11.0. The fraction of sp³-hybridized carbons (Fsp3) is 0.500. The highest BCUT2D eigenvalue weighted by Gasteiger charge is 2.28. The fourth-order valence-corrected chi connectivity index (χ4v) is 5.12. The Labute approximate surface area is 189 Å². The van der Waals surface area contributed by atoms with Crippen LogP contribution >= 0.6 is 0 Å². The zero-order valence-corrected chi connectivity index (χ0v) is 18.6. The molecule has 2 aromatic carbocycles. The highest BCUT2D eigenvalue weighted by Crippen LogP contribution is 2.36. The van der Waals surface area contributed by atoms with Crippen molar-refractivity contribution in [3.8, 4) is 5.75 Å². The molecule has 0 spiro atoms. The van der Waals surface area contributed by atoms with Crippen LogP contribution in [-0.4, -0.2) is 49.6 Å². The number of ether oxygens (including phenoxy) is 1. The molecule has 3 aliphatic rings. The molecule has 32 heavy (non-hydrogen) atoms. The van der Waals surface area contributed by atoms with Gasteiger partial charge in [0, 0.05) is 31.9 Å². The van der Waals surface area contributed by atoms with Gasteiger partial charge in [0.05, 0.1) is 5.69 Å². The van der Waals surface area contributed by atoms with Crippen molar-refractivity contribution >= 4 is 17.3 Å². The number of nitrogens with one attached hydrogen (secondary N) is 1. The van der Waals surface area contributed by atoms with Gasteiger partial charge >= 0.3 is 0 Å². The summed E-state index contributed by atoms with van der Waals surface area (Å²) in [5.74, 6) is 0.638. The predicted molar refractivity (Wildman–Crippen MR) is 125 cm³/mol. The van der Waals surface area contributed by atoms with E-state index < -0.39 is 0 Å². The van der Waals surface area contributed by atoms with Crippen LogP contribution in [0.3, 0.4) is 0 Å². The molecule has 1 aliphatic carbocycles. The molecule has 5 nitrogen and oxygen atoms in total. The van der Waals surface area contributed by atoms with E-state index in [4.69, 9.17) is 4.74 Å². The molecule has 1 saturated heterocycles. The van der Waals surface area contributed by atoms with E-state index in [1.807, 2.05) is 12.1 Å². The third-order valence-corrected chi connectivity index (χ3v) is 7.02. The van der Waals surface area contributed by atoms with Crippen LogP contribution in [0.5, 0.6) is 5.75 Å². The lowest BCUT2D eigenvalue weighted by Gasteiger charge is -2.36. The number of nitrogens with zero attached hydrogens (tertiary/aromatic N) is 2. The zero-order valence-electron chi connectivity index (χ0n) is 18.6. The first-order valence-electron chi connectivity index (χ1n) is 12.0. The van der Waals surface area contributed by atoms with Crippen molar-refractivity contribution in [1.29, 1.82) is 0 Å². The highest BCUT2D eigenvalue weighted by atomic mass is 19.1. The molecule has 170 valence electrons. The van der Waals surface area contributed by atoms with Gasteiger partial charge in [-0.25, -0.2) is 4.39 Å². The Morgan fingerprint density at radius 2 is 1.69 bits per heavy atom. The second kappa shape index (κ2) is 9.49. The van der Waals surface area contributed by atoms with Crippen LogP contribution in [0.2, 0.25) is 0 Å². The number of piperazine rings is 1. The second-order valence-electron chi connectivity index (χ2n) is 9.22. The fourth-order valence-electron chi connectivity index (χ4n) is 5.12. The third-order valence-electron chi connectivity index (χ3n) is 7.02. The maximum absolute atomic E-state index is 13.1. The van der Waals surface area contributed by atoms with Gasteiger partial charge in [-0.1, -0.05) is 0 Å². The van der Waals surface area contributed by atoms with Gasteiger partial charge in [-0.15, -0.1) is 0 Å². The molecule has 1 fully saturated rings. The molecule has 0 aromatic heterocycles. The van der Waals surface area contributed by atoms with E-state index in [0.717, 1.165) is 82.0 Å². The van der Waals surface area contributed by atoms with E-state index in [1.165, 1.54) is 36.1 Å². The number of hydrogen-bond donors (Lipinski definition) is 1. The molecule has 2 aliphatic heterocycles. The van der Waals surface area contributed by atoms with Crippen LogP contribution in [-0.2, 0) is 17.6 Å². The monoisotopic (exact) mass is 437 g/mol. The number of halogens is 1. The number of fused-ring (bicyclic) bond motifs is 2. The quantitative estimate of drug-likeness (QED) is 0.681. The van der Waals surface area contributed by atoms with Crippen LogP contribution in [0.15, 0.2) is 36.4 Å². The third kappa shape index (κ3) is 4.75. The summed E-state index contributed by atoms with van der Waals surface area (Å²) in [6.07, 6.45) is 7.05. The van der Waals surface area contributed by atoms with Gasteiger partial charge in [-0.3, -0.25) is 9.69 Å². The van der Waals surface area contributed by atoms with Crippen molar-refractivity contribution in [3.63, 3.8) is 0 Å². The highest BCUT2D eigenvalue weighted by molar-refractivity contribution is 5.97. The molecule has 6 heteroatoms. The molecule has 1 N–H and O–H groups in total. The van der Waals surface area contributed by atoms with Crippen molar-refractivity contribution in [3.05, 3.63) is 53.3 Å². The molecule has 0 bridgehead atoms. The summed E-state index contributed by atoms with van der Waals surface area (Å²) < 4.78 is 19.2. The first kappa shape index (κ1) is 21.3. The van der Waals surface area contributed by atoms with E-state index in [0.29, 0.717) is 0 Å². The first-order valence-corrected chi connectivity index (χ1v) is 12.0. The summed E-state index contributed by atoms with van der Waals surface area (Å²) in [5.41, 5.74) is 4.67. The number of aryl methyl sites for hydroxylation is 2. The SMILES string of the molecule is O=C1Nc2cc3c(cc2OC1CCCCN1CCN(c2ccc(F)cc2)CC1)CCCC3. The average Bonchev–Trinajstić information content (AvgIpc) is 2.82. The Balaban J connectivity index is 1.06. The van der Waals surface area contributed by atoms with Crippen molar-refractivity contribution in [2.45, 2.75) is 51.0 Å². The van der Waals surface area contributed by atoms with Crippen LogP contribution in [0.4, 0.5) is 15.8 Å². The van der Waals surface area contributed by atoms with Crippen LogP contribution in [0, 0.1) is 5.82 Å². The Kier molecular flexibility index (Phi) is 6.30. The average molecular weight is 438 g/mol. The first-order chi connectivity index (χ1) is 15.7. The minimum atomic E-state index is -0.389. The Bertz CT molecular complexity index is 954. The van der Waals surface area contributed by atoms with Gasteiger partial charge in [-0.2, -0.15) is 0 Å². The molecule has 1 unspecified atom stereocenters. The van der Waals surface area contributed by atoms with Crippen LogP contribution in [0.25, 0.3) is 0 Å². The number of rotatable bonds is 6. The largest absolute Gasteiger partial charge is 0.478 e. The molecule has 0 radical (unpaired) electrons. The lowest BCUT2D eigenvalue weighted by atomic mass is 9.90. The molecule has 1 amide bonds. The van der Waals surface area contributed by atoms with Crippen molar-refractivity contribution in [2.75, 3.05) is 42.9 Å². The Morgan fingerprint density at radius 3 is 2.44 bits per heavy atom. The number of carbonyl (C=O) groups is 1. The maximum atomic E-state index is 13.1. The lowest BCUT2D eigenvalue weighted by Crippen LogP contribution is -2.46. The molecule has 5 rings (SSSR count). The van der Waals surface area contributed by atoms with Crippen molar-refractivity contribution in [2.24, 2.45) is 0 Å². The standard InChI is InChI=1S/C26H32FN3O2/c27-21-8-10-22(11-9-21)30-15-13-29(14-16-30)12-4-3-7-24-26(31)28-23-17-19-5-1-2-6-20(19)18-25(23)32-24/h8-11,17-18,24H,1-7,12-16H2,(H,28,31). The smallest absolute Gasteiger partial charge is 0.265 e. The maximum Gasteiger partial charge on any atom is 0.265 e. The summed E-state index contributed by atoms with van der Waals surface area (Å²) in [5, 5.41) is 3.07. The molecule has 1 atom stereocenters. The molecular weight excluding hydrogens is 405 g/mol. The van der Waals surface area contributed by atoms with E-state index in [-0.39, 0.29) is 17.8 Å². The Morgan fingerprint density at radius 1 is 0.969 bits per heavy atom. The second-order valence-corrected chi connectivity index (χ2v) is 9.22. The van der Waals surface area contributed by atoms with Crippen LogP contribution < -0.4 is 15.0 Å². The van der Waals surface area contributed by atoms with Crippen molar-refractivity contribution in [1.82, 2.24) is 4.90 Å². The van der Waals surface area contributed by atoms with E-state index in [9.17, 15) is 9.18 Å². The molecule has 2 aromatic rings. The summed E-state index contributed by atoms with van der Waals surface area (Å²) in [6.45, 7) is 4.98. The molecular formula is C26H32FN3O2. The number of benzene rings is 2. The lowest BCUT2D eigenvalue weighted by molar-refractivity contribution is -0.123. The zero-order chi connectivity index (χ0) is 21.9. The van der Waals surface area contributed by atoms with Crippen LogP contribution in [0.1, 0.15) is 43.2 Å². The van der Waals surface area contributed by atoms with Gasteiger partial charge in [0.1, 0.15) is 11.6 Å². The number of anilines is 2. The number of carbonyl (C=O) groups excluding carboxylic acids is 1. The van der Waals surface area contributed by atoms with E-state index >= 15 is 0 Å². The van der Waals surface area contributed by atoms with E-state index in [2.05, 4.69) is 27.2 Å². The van der Waals surface area contributed by atoms with Crippen molar-refractivity contribution < 1.29 is 13.9 Å². The molecule has 2 heterocycles.